The van der Waals surface area contributed by atoms with Gasteiger partial charge in [0.25, 0.3) is 0 Å². The van der Waals surface area contributed by atoms with Gasteiger partial charge in [-0.3, -0.25) is 4.90 Å². The topological polar surface area (TPSA) is 24.5 Å². The number of piperazine rings is 1. The first-order valence-corrected chi connectivity index (χ1v) is 7.04. The molecule has 0 saturated carbocycles. The minimum atomic E-state index is -0.174. The maximum atomic E-state index is 13.2. The number of nitrogens with one attached hydrogen (secondary N) is 1. The van der Waals surface area contributed by atoms with Gasteiger partial charge in [0.15, 0.2) is 0 Å². The minimum absolute atomic E-state index is 0.157. The van der Waals surface area contributed by atoms with Crippen LogP contribution < -0.4 is 10.1 Å². The van der Waals surface area contributed by atoms with Gasteiger partial charge in [-0.05, 0) is 32.0 Å². The van der Waals surface area contributed by atoms with E-state index in [1.54, 1.807) is 12.1 Å². The van der Waals surface area contributed by atoms with Gasteiger partial charge in [0.05, 0.1) is 0 Å². The van der Waals surface area contributed by atoms with Crippen LogP contribution in [0.15, 0.2) is 18.2 Å². The number of halogens is 1. The van der Waals surface area contributed by atoms with Crippen LogP contribution in [0, 0.1) is 5.82 Å². The molecule has 0 radical (unpaired) electrons. The maximum Gasteiger partial charge on any atom is 0.123 e. The molecule has 0 aliphatic carbocycles. The second kappa shape index (κ2) is 5.10. The summed E-state index contributed by atoms with van der Waals surface area (Å²) in [4.78, 5) is 2.47. The van der Waals surface area contributed by atoms with E-state index in [2.05, 4.69) is 24.1 Å². The molecule has 3 nitrogen and oxygen atoms in total. The Kier molecular flexibility index (Phi) is 3.46. The van der Waals surface area contributed by atoms with Crippen LogP contribution >= 0.6 is 0 Å². The van der Waals surface area contributed by atoms with Gasteiger partial charge in [0, 0.05) is 43.7 Å². The van der Waals surface area contributed by atoms with Gasteiger partial charge in [0.2, 0.25) is 0 Å². The van der Waals surface area contributed by atoms with Gasteiger partial charge in [-0.1, -0.05) is 0 Å². The molecule has 3 atom stereocenters. The molecule has 3 unspecified atom stereocenters. The molecule has 3 rings (SSSR count). The summed E-state index contributed by atoms with van der Waals surface area (Å²) in [5.74, 6) is 0.675. The van der Waals surface area contributed by atoms with Crippen molar-refractivity contribution in [2.45, 2.75) is 38.5 Å². The highest BCUT2D eigenvalue weighted by atomic mass is 19.1. The highest BCUT2D eigenvalue weighted by Crippen LogP contribution is 2.30. The Hall–Kier alpha value is -1.13. The Bertz CT molecular complexity index is 465. The molecule has 0 bridgehead atoms. The van der Waals surface area contributed by atoms with Gasteiger partial charge in [-0.2, -0.15) is 0 Å². The first-order valence-electron chi connectivity index (χ1n) is 7.04. The summed E-state index contributed by atoms with van der Waals surface area (Å²) in [5, 5.41) is 3.48. The number of benzene rings is 1. The van der Waals surface area contributed by atoms with E-state index in [0.717, 1.165) is 37.4 Å². The lowest BCUT2D eigenvalue weighted by Gasteiger charge is -2.38. The molecule has 2 heterocycles. The van der Waals surface area contributed by atoms with E-state index in [1.807, 2.05) is 0 Å². The molecular formula is C15H21FN2O. The molecule has 0 aromatic heterocycles. The van der Waals surface area contributed by atoms with E-state index in [0.29, 0.717) is 12.1 Å². The van der Waals surface area contributed by atoms with Gasteiger partial charge in [0.1, 0.15) is 17.7 Å². The zero-order chi connectivity index (χ0) is 13.4. The second-order valence-electron chi connectivity index (χ2n) is 5.81. The summed E-state index contributed by atoms with van der Waals surface area (Å²) in [6, 6.07) is 5.86. The normalized spacial score (nSPS) is 31.0. The molecule has 1 saturated heterocycles. The van der Waals surface area contributed by atoms with Crippen LogP contribution in [0.4, 0.5) is 4.39 Å². The third kappa shape index (κ3) is 2.74. The molecule has 4 heteroatoms. The number of rotatable bonds is 2. The fourth-order valence-electron chi connectivity index (χ4n) is 3.00. The smallest absolute Gasteiger partial charge is 0.123 e. The summed E-state index contributed by atoms with van der Waals surface area (Å²) in [6.45, 7) is 7.43. The van der Waals surface area contributed by atoms with E-state index >= 15 is 0 Å². The molecular weight excluding hydrogens is 243 g/mol. The standard InChI is InChI=1S/C15H21FN2O/c1-10-8-18(11(2)7-17-10)9-14-6-12-5-13(16)3-4-15(12)19-14/h3-5,10-11,14,17H,6-9H2,1-2H3. The van der Waals surface area contributed by atoms with Crippen LogP contribution in [0.1, 0.15) is 19.4 Å². The van der Waals surface area contributed by atoms with Crippen LogP contribution in [0.25, 0.3) is 0 Å². The third-order valence-electron chi connectivity index (χ3n) is 4.10. The molecule has 0 spiro atoms. The Morgan fingerprint density at radius 3 is 3.11 bits per heavy atom. The van der Waals surface area contributed by atoms with E-state index in [4.69, 9.17) is 4.74 Å². The predicted octanol–water partition coefficient (Wildman–Crippen LogP) is 1.81. The molecule has 1 N–H and O–H groups in total. The van der Waals surface area contributed by atoms with E-state index in [1.165, 1.54) is 6.07 Å². The highest BCUT2D eigenvalue weighted by Gasteiger charge is 2.29. The largest absolute Gasteiger partial charge is 0.488 e. The van der Waals surface area contributed by atoms with Crippen molar-refractivity contribution in [3.8, 4) is 5.75 Å². The SMILES string of the molecule is CC1CN(CC2Cc3cc(F)ccc3O2)C(C)CN1. The summed E-state index contributed by atoms with van der Waals surface area (Å²) in [5.41, 5.74) is 1.00. The number of nitrogens with zero attached hydrogens (tertiary/aromatic N) is 1. The Labute approximate surface area is 113 Å². The van der Waals surface area contributed by atoms with Crippen molar-refractivity contribution >= 4 is 0 Å². The number of fused-ring (bicyclic) bond motifs is 1. The van der Waals surface area contributed by atoms with Crippen molar-refractivity contribution in [2.24, 2.45) is 0 Å². The second-order valence-corrected chi connectivity index (χ2v) is 5.81. The van der Waals surface area contributed by atoms with Crippen molar-refractivity contribution < 1.29 is 9.13 Å². The zero-order valence-electron chi connectivity index (χ0n) is 11.5. The first-order chi connectivity index (χ1) is 9.11. The molecule has 2 aliphatic heterocycles. The monoisotopic (exact) mass is 264 g/mol. The predicted molar refractivity (Wildman–Crippen MR) is 73.0 cm³/mol. The lowest BCUT2D eigenvalue weighted by atomic mass is 10.1. The quantitative estimate of drug-likeness (QED) is 0.881. The molecule has 1 aromatic carbocycles. The van der Waals surface area contributed by atoms with Crippen LogP contribution in [0.5, 0.6) is 5.75 Å². The van der Waals surface area contributed by atoms with Crippen LogP contribution in [-0.4, -0.2) is 42.7 Å². The number of ether oxygens (including phenoxy) is 1. The molecule has 0 amide bonds. The summed E-state index contributed by atoms with van der Waals surface area (Å²) in [7, 11) is 0. The van der Waals surface area contributed by atoms with Gasteiger partial charge in [-0.15, -0.1) is 0 Å². The van der Waals surface area contributed by atoms with Crippen LogP contribution in [0.3, 0.4) is 0 Å². The Morgan fingerprint density at radius 1 is 1.42 bits per heavy atom. The fourth-order valence-corrected chi connectivity index (χ4v) is 3.00. The van der Waals surface area contributed by atoms with Gasteiger partial charge in [-0.25, -0.2) is 4.39 Å². The summed E-state index contributed by atoms with van der Waals surface area (Å²) >= 11 is 0. The van der Waals surface area contributed by atoms with Crippen molar-refractivity contribution in [1.82, 2.24) is 10.2 Å². The van der Waals surface area contributed by atoms with Crippen molar-refractivity contribution in [3.63, 3.8) is 0 Å². The molecule has 1 aromatic rings. The zero-order valence-corrected chi connectivity index (χ0v) is 11.5. The van der Waals surface area contributed by atoms with Crippen molar-refractivity contribution in [1.29, 1.82) is 0 Å². The number of hydrogen-bond donors (Lipinski definition) is 1. The van der Waals surface area contributed by atoms with Gasteiger partial charge >= 0.3 is 0 Å². The average Bonchev–Trinajstić information content (AvgIpc) is 2.75. The van der Waals surface area contributed by atoms with Crippen LogP contribution in [0.2, 0.25) is 0 Å². The van der Waals surface area contributed by atoms with Crippen molar-refractivity contribution in [3.05, 3.63) is 29.6 Å². The van der Waals surface area contributed by atoms with Gasteiger partial charge < -0.3 is 10.1 Å². The van der Waals surface area contributed by atoms with E-state index in [-0.39, 0.29) is 11.9 Å². The third-order valence-corrected chi connectivity index (χ3v) is 4.10. The average molecular weight is 264 g/mol. The molecule has 19 heavy (non-hydrogen) atoms. The van der Waals surface area contributed by atoms with Crippen LogP contribution in [-0.2, 0) is 6.42 Å². The lowest BCUT2D eigenvalue weighted by molar-refractivity contribution is 0.0907. The first kappa shape index (κ1) is 12.9. The fraction of sp³-hybridized carbons (Fsp3) is 0.600. The lowest BCUT2D eigenvalue weighted by Crippen LogP contribution is -2.56. The summed E-state index contributed by atoms with van der Waals surface area (Å²) in [6.07, 6.45) is 0.975. The Balaban J connectivity index is 1.63. The highest BCUT2D eigenvalue weighted by molar-refractivity contribution is 5.37. The minimum Gasteiger partial charge on any atom is -0.488 e. The summed E-state index contributed by atoms with van der Waals surface area (Å²) < 4.78 is 19.1. The number of hydrogen-bond acceptors (Lipinski definition) is 3. The van der Waals surface area contributed by atoms with E-state index < -0.39 is 0 Å². The molecule has 104 valence electrons. The van der Waals surface area contributed by atoms with Crippen molar-refractivity contribution in [2.75, 3.05) is 19.6 Å². The molecule has 2 aliphatic rings. The maximum absolute atomic E-state index is 13.2. The molecule has 1 fully saturated rings. The van der Waals surface area contributed by atoms with E-state index in [9.17, 15) is 4.39 Å². The Morgan fingerprint density at radius 2 is 2.26 bits per heavy atom.